The van der Waals surface area contributed by atoms with Gasteiger partial charge in [-0.15, -0.1) is 11.3 Å². The van der Waals surface area contributed by atoms with Gasteiger partial charge in [-0.25, -0.2) is 0 Å². The van der Waals surface area contributed by atoms with E-state index in [0.717, 1.165) is 33.8 Å². The van der Waals surface area contributed by atoms with Crippen LogP contribution < -0.4 is 5.32 Å². The van der Waals surface area contributed by atoms with Gasteiger partial charge in [-0.3, -0.25) is 0 Å². The first-order chi connectivity index (χ1) is 8.31. The number of methoxy groups -OCH3 is 1. The minimum atomic E-state index is 0.700. The summed E-state index contributed by atoms with van der Waals surface area (Å²) < 4.78 is 11.3. The van der Waals surface area contributed by atoms with Crippen molar-refractivity contribution in [3.63, 3.8) is 0 Å². The van der Waals surface area contributed by atoms with E-state index < -0.39 is 0 Å². The van der Waals surface area contributed by atoms with Gasteiger partial charge in [0.25, 0.3) is 0 Å². The highest BCUT2D eigenvalue weighted by Crippen LogP contribution is 2.31. The molecule has 92 valence electrons. The van der Waals surface area contributed by atoms with E-state index in [0.29, 0.717) is 6.61 Å². The van der Waals surface area contributed by atoms with Crippen molar-refractivity contribution in [2.45, 2.75) is 6.54 Å². The van der Waals surface area contributed by atoms with E-state index in [1.165, 1.54) is 0 Å². The van der Waals surface area contributed by atoms with Gasteiger partial charge in [0.05, 0.1) is 17.7 Å². The average molecular weight is 317 g/mol. The van der Waals surface area contributed by atoms with Crippen LogP contribution in [-0.4, -0.2) is 25.4 Å². The molecular formula is C11H13BrN2O2S. The summed E-state index contributed by atoms with van der Waals surface area (Å²) in [6.07, 6.45) is 1.75. The molecule has 0 aliphatic heterocycles. The minimum absolute atomic E-state index is 0.700. The molecule has 17 heavy (non-hydrogen) atoms. The summed E-state index contributed by atoms with van der Waals surface area (Å²) in [5, 5.41) is 9.15. The number of hydrogen-bond acceptors (Lipinski definition) is 5. The second kappa shape index (κ2) is 6.30. The maximum atomic E-state index is 5.29. The Morgan fingerprint density at radius 1 is 1.59 bits per heavy atom. The SMILES string of the molecule is COCCNCc1cnoc1-c1cc(Br)cs1. The quantitative estimate of drug-likeness (QED) is 0.832. The molecule has 0 radical (unpaired) electrons. The third-order valence-electron chi connectivity index (χ3n) is 2.23. The predicted octanol–water partition coefficient (Wildman–Crippen LogP) is 2.90. The summed E-state index contributed by atoms with van der Waals surface area (Å²) >= 11 is 5.06. The molecule has 0 spiro atoms. The maximum absolute atomic E-state index is 5.29. The van der Waals surface area contributed by atoms with Crippen molar-refractivity contribution in [3.05, 3.63) is 27.7 Å². The molecule has 0 saturated heterocycles. The molecule has 0 amide bonds. The van der Waals surface area contributed by atoms with Crippen LogP contribution in [0.1, 0.15) is 5.56 Å². The Balaban J connectivity index is 2.02. The highest BCUT2D eigenvalue weighted by atomic mass is 79.9. The second-order valence-electron chi connectivity index (χ2n) is 3.48. The number of hydrogen-bond donors (Lipinski definition) is 1. The van der Waals surface area contributed by atoms with Crippen molar-refractivity contribution >= 4 is 27.3 Å². The molecule has 1 N–H and O–H groups in total. The van der Waals surface area contributed by atoms with E-state index >= 15 is 0 Å². The van der Waals surface area contributed by atoms with Crippen LogP contribution in [0, 0.1) is 0 Å². The van der Waals surface area contributed by atoms with E-state index in [2.05, 4.69) is 26.4 Å². The lowest BCUT2D eigenvalue weighted by Crippen LogP contribution is -2.18. The Morgan fingerprint density at radius 3 is 3.18 bits per heavy atom. The fourth-order valence-electron chi connectivity index (χ4n) is 1.42. The molecule has 2 aromatic rings. The summed E-state index contributed by atoms with van der Waals surface area (Å²) in [5.74, 6) is 0.839. The molecule has 4 nitrogen and oxygen atoms in total. The molecule has 0 unspecified atom stereocenters. The Labute approximate surface area is 112 Å². The number of nitrogens with zero attached hydrogens (tertiary/aromatic N) is 1. The zero-order valence-corrected chi connectivity index (χ0v) is 11.8. The first kappa shape index (κ1) is 12.8. The lowest BCUT2D eigenvalue weighted by Gasteiger charge is -2.02. The molecule has 0 aliphatic rings. The van der Waals surface area contributed by atoms with Crippen molar-refractivity contribution in [2.75, 3.05) is 20.3 Å². The smallest absolute Gasteiger partial charge is 0.181 e. The number of rotatable bonds is 6. The lowest BCUT2D eigenvalue weighted by atomic mass is 10.2. The summed E-state index contributed by atoms with van der Waals surface area (Å²) in [6, 6.07) is 2.03. The van der Waals surface area contributed by atoms with Gasteiger partial charge in [-0.05, 0) is 22.0 Å². The van der Waals surface area contributed by atoms with Crippen molar-refractivity contribution in [1.29, 1.82) is 0 Å². The van der Waals surface area contributed by atoms with E-state index in [9.17, 15) is 0 Å². The van der Waals surface area contributed by atoms with Crippen LogP contribution in [0.15, 0.2) is 26.6 Å². The van der Waals surface area contributed by atoms with Crippen LogP contribution in [0.4, 0.5) is 0 Å². The fourth-order valence-corrected chi connectivity index (χ4v) is 2.86. The number of ether oxygens (including phenoxy) is 1. The molecular weight excluding hydrogens is 304 g/mol. The molecule has 0 aromatic carbocycles. The second-order valence-corrected chi connectivity index (χ2v) is 5.31. The van der Waals surface area contributed by atoms with Crippen LogP contribution >= 0.6 is 27.3 Å². The Hall–Kier alpha value is -0.690. The maximum Gasteiger partial charge on any atom is 0.181 e. The molecule has 2 aromatic heterocycles. The summed E-state index contributed by atoms with van der Waals surface area (Å²) in [6.45, 7) is 2.25. The van der Waals surface area contributed by atoms with Crippen LogP contribution in [0.2, 0.25) is 0 Å². The van der Waals surface area contributed by atoms with Gasteiger partial charge in [-0.2, -0.15) is 0 Å². The molecule has 6 heteroatoms. The van der Waals surface area contributed by atoms with Crippen molar-refractivity contribution in [3.8, 4) is 10.6 Å². The highest BCUT2D eigenvalue weighted by Gasteiger charge is 2.12. The van der Waals surface area contributed by atoms with Gasteiger partial charge >= 0.3 is 0 Å². The molecule has 2 rings (SSSR count). The largest absolute Gasteiger partial charge is 0.383 e. The van der Waals surface area contributed by atoms with Crippen LogP contribution in [0.25, 0.3) is 10.6 Å². The summed E-state index contributed by atoms with van der Waals surface area (Å²) in [5.41, 5.74) is 1.07. The topological polar surface area (TPSA) is 47.3 Å². The van der Waals surface area contributed by atoms with Gasteiger partial charge < -0.3 is 14.6 Å². The first-order valence-corrected chi connectivity index (χ1v) is 6.86. The van der Waals surface area contributed by atoms with Crippen molar-refractivity contribution in [2.24, 2.45) is 0 Å². The Morgan fingerprint density at radius 2 is 2.47 bits per heavy atom. The van der Waals surface area contributed by atoms with Crippen LogP contribution in [-0.2, 0) is 11.3 Å². The van der Waals surface area contributed by atoms with E-state index in [1.54, 1.807) is 24.6 Å². The molecule has 0 fully saturated rings. The number of aromatic nitrogens is 1. The predicted molar refractivity (Wildman–Crippen MR) is 71.1 cm³/mol. The van der Waals surface area contributed by atoms with Crippen LogP contribution in [0.3, 0.4) is 0 Å². The van der Waals surface area contributed by atoms with Crippen LogP contribution in [0.5, 0.6) is 0 Å². The zero-order valence-electron chi connectivity index (χ0n) is 9.40. The number of nitrogens with one attached hydrogen (secondary N) is 1. The summed E-state index contributed by atoms with van der Waals surface area (Å²) in [4.78, 5) is 1.08. The van der Waals surface area contributed by atoms with Gasteiger partial charge in [0, 0.05) is 35.6 Å². The van der Waals surface area contributed by atoms with Crippen molar-refractivity contribution < 1.29 is 9.26 Å². The molecule has 0 saturated carbocycles. The summed E-state index contributed by atoms with van der Waals surface area (Å²) in [7, 11) is 1.69. The molecule has 0 aliphatic carbocycles. The average Bonchev–Trinajstić information content (AvgIpc) is 2.93. The molecule has 0 atom stereocenters. The molecule has 2 heterocycles. The zero-order chi connectivity index (χ0) is 12.1. The Kier molecular flexibility index (Phi) is 4.73. The number of halogens is 1. The minimum Gasteiger partial charge on any atom is -0.383 e. The van der Waals surface area contributed by atoms with Crippen molar-refractivity contribution in [1.82, 2.24) is 10.5 Å². The standard InChI is InChI=1S/C11H13BrN2O2S/c1-15-3-2-13-5-8-6-14-16-11(8)10-4-9(12)7-17-10/h4,6-7,13H,2-3,5H2,1H3. The third kappa shape index (κ3) is 3.38. The van der Waals surface area contributed by atoms with Gasteiger partial charge in [0.15, 0.2) is 5.76 Å². The Bertz CT molecular complexity index is 469. The van der Waals surface area contributed by atoms with Gasteiger partial charge in [0.2, 0.25) is 0 Å². The van der Waals surface area contributed by atoms with E-state index in [-0.39, 0.29) is 0 Å². The fraction of sp³-hybridized carbons (Fsp3) is 0.364. The highest BCUT2D eigenvalue weighted by molar-refractivity contribution is 9.10. The van der Waals surface area contributed by atoms with Gasteiger partial charge in [0.1, 0.15) is 0 Å². The molecule has 0 bridgehead atoms. The normalized spacial score (nSPS) is 10.9. The first-order valence-electron chi connectivity index (χ1n) is 5.19. The van der Waals surface area contributed by atoms with E-state index in [4.69, 9.17) is 9.26 Å². The van der Waals surface area contributed by atoms with E-state index in [1.807, 2.05) is 11.4 Å². The van der Waals surface area contributed by atoms with Gasteiger partial charge in [-0.1, -0.05) is 5.16 Å². The monoisotopic (exact) mass is 316 g/mol. The third-order valence-corrected chi connectivity index (χ3v) is 3.92. The lowest BCUT2D eigenvalue weighted by molar-refractivity contribution is 0.199. The number of thiophene rings is 1.